The third-order valence-electron chi connectivity index (χ3n) is 5.10. The number of halogens is 3. The van der Waals surface area contributed by atoms with Gasteiger partial charge in [-0.25, -0.2) is 4.98 Å². The quantitative estimate of drug-likeness (QED) is 0.652. The van der Waals surface area contributed by atoms with Crippen LogP contribution in [0.5, 0.6) is 5.75 Å². The van der Waals surface area contributed by atoms with E-state index in [1.54, 1.807) is 24.3 Å². The van der Waals surface area contributed by atoms with Crippen molar-refractivity contribution in [3.05, 3.63) is 36.2 Å². The molecule has 2 aromatic rings. The number of aromatic nitrogens is 2. The summed E-state index contributed by atoms with van der Waals surface area (Å²) in [5.74, 6) is -0.267. The molecule has 0 radical (unpaired) electrons. The lowest BCUT2D eigenvalue weighted by Crippen LogP contribution is -2.37. The van der Waals surface area contributed by atoms with E-state index in [9.17, 15) is 23.1 Å². The van der Waals surface area contributed by atoms with Crippen LogP contribution in [0.25, 0.3) is 11.3 Å². The van der Waals surface area contributed by atoms with E-state index in [-0.39, 0.29) is 25.3 Å². The molecule has 1 saturated heterocycles. The molecule has 10 heteroatoms. The Labute approximate surface area is 177 Å². The fraction of sp³-hybridized carbons (Fsp3) is 0.476. The van der Waals surface area contributed by atoms with Gasteiger partial charge in [0.15, 0.2) is 5.82 Å². The summed E-state index contributed by atoms with van der Waals surface area (Å²) in [4.78, 5) is 22.0. The molecular weight excluding hydrogens is 415 g/mol. The highest BCUT2D eigenvalue weighted by Gasteiger charge is 2.29. The molecule has 7 nitrogen and oxygen atoms in total. The number of aliphatic hydroxyl groups is 1. The van der Waals surface area contributed by atoms with E-state index in [1.807, 2.05) is 4.90 Å². The molecule has 2 N–H and O–H groups in total. The van der Waals surface area contributed by atoms with Crippen LogP contribution in [0.4, 0.5) is 19.0 Å². The van der Waals surface area contributed by atoms with Crippen LogP contribution in [-0.4, -0.2) is 58.6 Å². The van der Waals surface area contributed by atoms with E-state index in [0.29, 0.717) is 48.8 Å². The summed E-state index contributed by atoms with van der Waals surface area (Å²) in [5.41, 5.74) is 1.46. The molecule has 1 aromatic carbocycles. The van der Waals surface area contributed by atoms with Crippen LogP contribution in [0, 0.1) is 5.92 Å². The molecule has 1 aliphatic heterocycles. The van der Waals surface area contributed by atoms with Gasteiger partial charge >= 0.3 is 12.1 Å². The zero-order valence-electron chi connectivity index (χ0n) is 16.8. The molecule has 0 saturated carbocycles. The Bertz CT molecular complexity index is 882. The zero-order valence-corrected chi connectivity index (χ0v) is 16.8. The standard InChI is InChI=1S/C21H24F3N3O4/c22-21(23,24)8-5-16-13-25-18(14-1-3-17(4-2-14)31-12-11-28)19(26-16)27-9-6-15(7-10-27)20(29)30/h1-4,13,15,28H,5-12H2,(H,29,30). The van der Waals surface area contributed by atoms with Gasteiger partial charge in [0.2, 0.25) is 0 Å². The molecule has 168 valence electrons. The van der Waals surface area contributed by atoms with Crippen molar-refractivity contribution >= 4 is 11.8 Å². The third-order valence-corrected chi connectivity index (χ3v) is 5.10. The minimum Gasteiger partial charge on any atom is -0.491 e. The molecule has 2 heterocycles. The fourth-order valence-electron chi connectivity index (χ4n) is 3.44. The van der Waals surface area contributed by atoms with Crippen LogP contribution in [0.3, 0.4) is 0 Å². The number of nitrogens with zero attached hydrogens (tertiary/aromatic N) is 3. The maximum atomic E-state index is 12.6. The molecule has 0 spiro atoms. The predicted molar refractivity (Wildman–Crippen MR) is 107 cm³/mol. The van der Waals surface area contributed by atoms with Crippen LogP contribution < -0.4 is 9.64 Å². The highest BCUT2D eigenvalue weighted by atomic mass is 19.4. The van der Waals surface area contributed by atoms with Gasteiger partial charge in [-0.1, -0.05) is 0 Å². The number of alkyl halides is 3. The summed E-state index contributed by atoms with van der Waals surface area (Å²) in [6.45, 7) is 0.915. The summed E-state index contributed by atoms with van der Waals surface area (Å²) < 4.78 is 43.3. The summed E-state index contributed by atoms with van der Waals surface area (Å²) in [7, 11) is 0. The molecule has 1 aliphatic rings. The van der Waals surface area contributed by atoms with Gasteiger partial charge in [-0.2, -0.15) is 13.2 Å². The van der Waals surface area contributed by atoms with Gasteiger partial charge in [0, 0.05) is 31.3 Å². The Balaban J connectivity index is 1.87. The van der Waals surface area contributed by atoms with E-state index in [1.165, 1.54) is 6.20 Å². The molecule has 0 bridgehead atoms. The second-order valence-corrected chi connectivity index (χ2v) is 7.34. The summed E-state index contributed by atoms with van der Waals surface area (Å²) in [6.07, 6.45) is -3.34. The summed E-state index contributed by atoms with van der Waals surface area (Å²) in [6, 6.07) is 6.95. The van der Waals surface area contributed by atoms with E-state index < -0.39 is 24.5 Å². The average Bonchev–Trinajstić information content (AvgIpc) is 2.76. The maximum absolute atomic E-state index is 12.6. The van der Waals surface area contributed by atoms with Crippen LogP contribution in [0.2, 0.25) is 0 Å². The number of hydrogen-bond acceptors (Lipinski definition) is 6. The number of aliphatic carboxylic acids is 1. The van der Waals surface area contributed by atoms with Gasteiger partial charge in [0.05, 0.1) is 18.2 Å². The van der Waals surface area contributed by atoms with Crippen molar-refractivity contribution in [3.8, 4) is 17.0 Å². The smallest absolute Gasteiger partial charge is 0.389 e. The first-order chi connectivity index (χ1) is 14.8. The normalized spacial score (nSPS) is 15.2. The van der Waals surface area contributed by atoms with Crippen molar-refractivity contribution in [2.75, 3.05) is 31.2 Å². The number of ether oxygens (including phenoxy) is 1. The first-order valence-corrected chi connectivity index (χ1v) is 10.0. The van der Waals surface area contributed by atoms with Crippen molar-refractivity contribution in [1.29, 1.82) is 0 Å². The van der Waals surface area contributed by atoms with Gasteiger partial charge in [-0.05, 0) is 43.5 Å². The molecular formula is C21H24F3N3O4. The van der Waals surface area contributed by atoms with E-state index >= 15 is 0 Å². The van der Waals surface area contributed by atoms with E-state index in [4.69, 9.17) is 9.84 Å². The Kier molecular flexibility index (Phi) is 7.32. The Morgan fingerprint density at radius 3 is 2.45 bits per heavy atom. The molecule has 1 aromatic heterocycles. The molecule has 31 heavy (non-hydrogen) atoms. The van der Waals surface area contributed by atoms with Gasteiger partial charge in [0.25, 0.3) is 0 Å². The third kappa shape index (κ3) is 6.30. The van der Waals surface area contributed by atoms with Crippen LogP contribution >= 0.6 is 0 Å². The lowest BCUT2D eigenvalue weighted by Gasteiger charge is -2.32. The minimum absolute atomic E-state index is 0.108. The second-order valence-electron chi connectivity index (χ2n) is 7.34. The lowest BCUT2D eigenvalue weighted by atomic mass is 9.97. The number of rotatable bonds is 8. The fourth-order valence-corrected chi connectivity index (χ4v) is 3.44. The second kappa shape index (κ2) is 9.95. The number of piperidine rings is 1. The first-order valence-electron chi connectivity index (χ1n) is 10.0. The van der Waals surface area contributed by atoms with E-state index in [0.717, 1.165) is 0 Å². The SMILES string of the molecule is O=C(O)C1CCN(c2nc(CCC(F)(F)F)cnc2-c2ccc(OCCO)cc2)CC1. The maximum Gasteiger partial charge on any atom is 0.389 e. The lowest BCUT2D eigenvalue weighted by molar-refractivity contribution is -0.142. The topological polar surface area (TPSA) is 95.8 Å². The van der Waals surface area contributed by atoms with Crippen molar-refractivity contribution in [1.82, 2.24) is 9.97 Å². The van der Waals surface area contributed by atoms with Gasteiger partial charge in [-0.15, -0.1) is 0 Å². The molecule has 3 rings (SSSR count). The number of carbonyl (C=O) groups is 1. The number of aryl methyl sites for hydroxylation is 1. The Morgan fingerprint density at radius 2 is 1.87 bits per heavy atom. The predicted octanol–water partition coefficient (Wildman–Crippen LogP) is 3.31. The number of hydrogen-bond donors (Lipinski definition) is 2. The largest absolute Gasteiger partial charge is 0.491 e. The minimum atomic E-state index is -4.29. The number of aliphatic hydroxyl groups excluding tert-OH is 1. The Hall–Kier alpha value is -2.88. The van der Waals surface area contributed by atoms with Gasteiger partial charge < -0.3 is 19.8 Å². The van der Waals surface area contributed by atoms with Gasteiger partial charge in [-0.3, -0.25) is 9.78 Å². The number of carboxylic acids is 1. The van der Waals surface area contributed by atoms with Gasteiger partial charge in [0.1, 0.15) is 18.1 Å². The average molecular weight is 439 g/mol. The van der Waals surface area contributed by atoms with Crippen LogP contribution in [0.15, 0.2) is 30.5 Å². The number of benzene rings is 1. The monoisotopic (exact) mass is 439 g/mol. The molecule has 1 fully saturated rings. The molecule has 0 atom stereocenters. The van der Waals surface area contributed by atoms with E-state index in [2.05, 4.69) is 9.97 Å². The summed E-state index contributed by atoms with van der Waals surface area (Å²) >= 11 is 0. The van der Waals surface area contributed by atoms with Crippen LogP contribution in [0.1, 0.15) is 25.0 Å². The number of carboxylic acid groups (broad SMARTS) is 1. The first kappa shape index (κ1) is 22.8. The Morgan fingerprint density at radius 1 is 1.19 bits per heavy atom. The van der Waals surface area contributed by atoms with Crippen molar-refractivity contribution in [2.24, 2.45) is 5.92 Å². The highest BCUT2D eigenvalue weighted by molar-refractivity contribution is 5.74. The highest BCUT2D eigenvalue weighted by Crippen LogP contribution is 2.32. The molecule has 0 amide bonds. The molecule has 0 unspecified atom stereocenters. The zero-order chi connectivity index (χ0) is 22.4. The summed E-state index contributed by atoms with van der Waals surface area (Å²) in [5, 5.41) is 18.1. The number of anilines is 1. The van der Waals surface area contributed by atoms with Crippen LogP contribution in [-0.2, 0) is 11.2 Å². The molecule has 0 aliphatic carbocycles. The van der Waals surface area contributed by atoms with Crippen molar-refractivity contribution in [2.45, 2.75) is 31.9 Å². The van der Waals surface area contributed by atoms with Crippen molar-refractivity contribution in [3.63, 3.8) is 0 Å². The van der Waals surface area contributed by atoms with Crippen molar-refractivity contribution < 1.29 is 32.9 Å².